The van der Waals surface area contributed by atoms with Crippen LogP contribution in [0.3, 0.4) is 0 Å². The largest absolute Gasteiger partial charge is 0.311 e. The fraction of sp³-hybridized carbons (Fsp3) is 1.00. The summed E-state index contributed by atoms with van der Waals surface area (Å²) in [7, 11) is 0. The number of hydrogen-bond donors (Lipinski definition) is 1. The Balaban J connectivity index is 3.66. The predicted octanol–water partition coefficient (Wildman–Crippen LogP) is 2.67. The molecule has 2 atom stereocenters. The molecule has 0 bridgehead atoms. The van der Waals surface area contributed by atoms with Gasteiger partial charge in [0.05, 0.1) is 0 Å². The first-order valence-corrected chi connectivity index (χ1v) is 4.71. The Labute approximate surface area is 71.6 Å². The summed E-state index contributed by atoms with van der Waals surface area (Å²) in [4.78, 5) is 0. The van der Waals surface area contributed by atoms with Gasteiger partial charge in [0, 0.05) is 12.1 Å². The molecule has 0 unspecified atom stereocenters. The highest BCUT2D eigenvalue weighted by molar-refractivity contribution is 4.71. The normalized spacial score (nSPS) is 17.5. The van der Waals surface area contributed by atoms with E-state index in [1.165, 1.54) is 0 Å². The van der Waals surface area contributed by atoms with Gasteiger partial charge in [0.2, 0.25) is 0 Å². The summed E-state index contributed by atoms with van der Waals surface area (Å²) < 4.78 is 0. The summed E-state index contributed by atoms with van der Waals surface area (Å²) in [5.74, 6) is 1.47. The zero-order valence-corrected chi connectivity index (χ0v) is 8.81. The van der Waals surface area contributed by atoms with Gasteiger partial charge in [-0.25, -0.2) is 0 Å². The maximum atomic E-state index is 3.58. The number of rotatable bonds is 4. The summed E-state index contributed by atoms with van der Waals surface area (Å²) >= 11 is 0. The van der Waals surface area contributed by atoms with Crippen LogP contribution < -0.4 is 5.32 Å². The third-order valence-corrected chi connectivity index (χ3v) is 2.53. The lowest BCUT2D eigenvalue weighted by Gasteiger charge is -2.25. The molecule has 0 aliphatic rings. The standard InChI is InChI=1S/C10H23N/c1-7(2)9(5)11-10(6)8(3)4/h7-11H,1-6H3/t9-,10+. The van der Waals surface area contributed by atoms with E-state index in [0.717, 1.165) is 11.8 Å². The molecule has 0 saturated heterocycles. The van der Waals surface area contributed by atoms with Gasteiger partial charge in [0.25, 0.3) is 0 Å². The Morgan fingerprint density at radius 2 is 0.909 bits per heavy atom. The first-order valence-electron chi connectivity index (χ1n) is 4.71. The van der Waals surface area contributed by atoms with E-state index in [1.54, 1.807) is 0 Å². The first-order chi connectivity index (χ1) is 4.95. The van der Waals surface area contributed by atoms with Crippen LogP contribution in [0.4, 0.5) is 0 Å². The van der Waals surface area contributed by atoms with Crippen molar-refractivity contribution >= 4 is 0 Å². The van der Waals surface area contributed by atoms with Gasteiger partial charge in [0.15, 0.2) is 0 Å². The molecule has 1 nitrogen and oxygen atoms in total. The molecular formula is C10H23N. The number of hydrogen-bond acceptors (Lipinski definition) is 1. The van der Waals surface area contributed by atoms with Crippen molar-refractivity contribution in [3.63, 3.8) is 0 Å². The third kappa shape index (κ3) is 4.41. The lowest BCUT2D eigenvalue weighted by atomic mass is 10.0. The van der Waals surface area contributed by atoms with Crippen molar-refractivity contribution < 1.29 is 0 Å². The van der Waals surface area contributed by atoms with Crippen molar-refractivity contribution in [2.24, 2.45) is 11.8 Å². The van der Waals surface area contributed by atoms with Gasteiger partial charge in [0.1, 0.15) is 0 Å². The maximum Gasteiger partial charge on any atom is 0.00643 e. The van der Waals surface area contributed by atoms with Gasteiger partial charge in [-0.05, 0) is 25.7 Å². The van der Waals surface area contributed by atoms with Crippen molar-refractivity contribution in [1.82, 2.24) is 5.32 Å². The van der Waals surface area contributed by atoms with Gasteiger partial charge in [-0.1, -0.05) is 27.7 Å². The molecule has 1 N–H and O–H groups in total. The molecule has 0 spiro atoms. The van der Waals surface area contributed by atoms with E-state index < -0.39 is 0 Å². The second-order valence-corrected chi connectivity index (χ2v) is 4.23. The minimum atomic E-state index is 0.632. The maximum absolute atomic E-state index is 3.58. The van der Waals surface area contributed by atoms with Crippen LogP contribution in [0.5, 0.6) is 0 Å². The van der Waals surface area contributed by atoms with E-state index in [2.05, 4.69) is 46.9 Å². The Morgan fingerprint density at radius 3 is 1.09 bits per heavy atom. The highest BCUT2D eigenvalue weighted by atomic mass is 14.9. The molecular weight excluding hydrogens is 134 g/mol. The fourth-order valence-electron chi connectivity index (χ4n) is 0.800. The molecule has 0 aromatic heterocycles. The molecule has 0 rings (SSSR count). The second-order valence-electron chi connectivity index (χ2n) is 4.23. The van der Waals surface area contributed by atoms with Gasteiger partial charge in [-0.15, -0.1) is 0 Å². The van der Waals surface area contributed by atoms with Crippen LogP contribution in [0.1, 0.15) is 41.5 Å². The van der Waals surface area contributed by atoms with Gasteiger partial charge >= 0.3 is 0 Å². The summed E-state index contributed by atoms with van der Waals surface area (Å²) in [5, 5.41) is 3.58. The van der Waals surface area contributed by atoms with Crippen LogP contribution in [0.2, 0.25) is 0 Å². The van der Waals surface area contributed by atoms with Crippen LogP contribution >= 0.6 is 0 Å². The quantitative estimate of drug-likeness (QED) is 0.661. The van der Waals surface area contributed by atoms with Crippen molar-refractivity contribution in [1.29, 1.82) is 0 Å². The Bertz CT molecular complexity index is 85.0. The SMILES string of the molecule is CC(C)[C@H](C)N[C@H](C)C(C)C. The molecule has 0 aliphatic carbocycles. The van der Waals surface area contributed by atoms with Gasteiger partial charge in [-0.3, -0.25) is 0 Å². The Morgan fingerprint density at radius 1 is 0.636 bits per heavy atom. The smallest absolute Gasteiger partial charge is 0.00643 e. The van der Waals surface area contributed by atoms with Crippen molar-refractivity contribution in [2.45, 2.75) is 53.6 Å². The van der Waals surface area contributed by atoms with E-state index in [-0.39, 0.29) is 0 Å². The molecule has 11 heavy (non-hydrogen) atoms. The summed E-state index contributed by atoms with van der Waals surface area (Å²) in [6.45, 7) is 13.5. The summed E-state index contributed by atoms with van der Waals surface area (Å²) in [6, 6.07) is 1.26. The molecule has 0 heterocycles. The monoisotopic (exact) mass is 157 g/mol. The zero-order chi connectivity index (χ0) is 9.02. The second kappa shape index (κ2) is 4.76. The van der Waals surface area contributed by atoms with E-state index >= 15 is 0 Å². The Kier molecular flexibility index (Phi) is 4.74. The van der Waals surface area contributed by atoms with Gasteiger partial charge in [-0.2, -0.15) is 0 Å². The fourth-order valence-corrected chi connectivity index (χ4v) is 0.800. The molecule has 0 aliphatic heterocycles. The van der Waals surface area contributed by atoms with Crippen molar-refractivity contribution in [3.8, 4) is 0 Å². The van der Waals surface area contributed by atoms with E-state index in [4.69, 9.17) is 0 Å². The van der Waals surface area contributed by atoms with E-state index in [9.17, 15) is 0 Å². The lowest BCUT2D eigenvalue weighted by molar-refractivity contribution is 0.335. The van der Waals surface area contributed by atoms with Crippen LogP contribution in [-0.4, -0.2) is 12.1 Å². The van der Waals surface area contributed by atoms with Crippen molar-refractivity contribution in [3.05, 3.63) is 0 Å². The highest BCUT2D eigenvalue weighted by Gasteiger charge is 2.12. The molecule has 0 amide bonds. The molecule has 68 valence electrons. The zero-order valence-electron chi connectivity index (χ0n) is 8.81. The minimum Gasteiger partial charge on any atom is -0.311 e. The minimum absolute atomic E-state index is 0.632. The first kappa shape index (κ1) is 11.0. The molecule has 0 aromatic rings. The highest BCUT2D eigenvalue weighted by Crippen LogP contribution is 2.05. The van der Waals surface area contributed by atoms with Crippen LogP contribution in [0.25, 0.3) is 0 Å². The average molecular weight is 157 g/mol. The molecule has 0 fully saturated rings. The summed E-state index contributed by atoms with van der Waals surface area (Å²) in [5.41, 5.74) is 0. The molecule has 0 saturated carbocycles. The lowest BCUT2D eigenvalue weighted by Crippen LogP contribution is -2.40. The van der Waals surface area contributed by atoms with Crippen molar-refractivity contribution in [2.75, 3.05) is 0 Å². The van der Waals surface area contributed by atoms with Gasteiger partial charge < -0.3 is 5.32 Å². The average Bonchev–Trinajstić information content (AvgIpc) is 1.87. The molecule has 1 heteroatoms. The number of nitrogens with one attached hydrogen (secondary N) is 1. The van der Waals surface area contributed by atoms with Crippen LogP contribution in [-0.2, 0) is 0 Å². The molecule has 0 aromatic carbocycles. The van der Waals surface area contributed by atoms with Crippen LogP contribution in [0.15, 0.2) is 0 Å². The van der Waals surface area contributed by atoms with E-state index in [1.807, 2.05) is 0 Å². The van der Waals surface area contributed by atoms with Crippen LogP contribution in [0, 0.1) is 11.8 Å². The van der Waals surface area contributed by atoms with E-state index in [0.29, 0.717) is 12.1 Å². The third-order valence-electron chi connectivity index (χ3n) is 2.53. The predicted molar refractivity (Wildman–Crippen MR) is 51.7 cm³/mol. The molecule has 0 radical (unpaired) electrons. The Hall–Kier alpha value is -0.0400. The summed E-state index contributed by atoms with van der Waals surface area (Å²) in [6.07, 6.45) is 0. The topological polar surface area (TPSA) is 12.0 Å².